The smallest absolute Gasteiger partial charge is 0.345 e. The molecule has 5 nitrogen and oxygen atoms in total. The molecule has 150 valence electrons. The summed E-state index contributed by atoms with van der Waals surface area (Å²) in [6.07, 6.45) is 0. The third kappa shape index (κ3) is 5.27. The van der Waals surface area contributed by atoms with Crippen LogP contribution >= 0.6 is 11.6 Å². The second kappa shape index (κ2) is 9.94. The molecule has 3 aromatic rings. The number of rotatable bonds is 8. The number of aryl methyl sites for hydroxylation is 1. The number of nitrogens with zero attached hydrogens (tertiary/aromatic N) is 1. The van der Waals surface area contributed by atoms with E-state index in [0.717, 1.165) is 11.1 Å². The van der Waals surface area contributed by atoms with Crippen LogP contribution in [0, 0.1) is 6.92 Å². The zero-order valence-corrected chi connectivity index (χ0v) is 17.1. The van der Waals surface area contributed by atoms with Crippen molar-refractivity contribution in [1.82, 2.24) is 4.98 Å². The number of carbonyl (C=O) groups is 1. The maximum absolute atomic E-state index is 12.6. The Kier molecular flexibility index (Phi) is 7.09. The first-order valence-electron chi connectivity index (χ1n) is 9.30. The van der Waals surface area contributed by atoms with Crippen LogP contribution in [-0.2, 0) is 18.0 Å². The summed E-state index contributed by atoms with van der Waals surface area (Å²) in [5.41, 5.74) is 2.52. The average molecular weight is 412 g/mol. The molecule has 0 saturated carbocycles. The molecule has 0 aliphatic carbocycles. The van der Waals surface area contributed by atoms with Crippen LogP contribution < -0.4 is 9.47 Å². The minimum Gasteiger partial charge on any atom is -0.484 e. The molecule has 2 aromatic carbocycles. The lowest BCUT2D eigenvalue weighted by Gasteiger charge is -2.18. The Morgan fingerprint density at radius 3 is 1.93 bits per heavy atom. The molecular weight excluding hydrogens is 390 g/mol. The van der Waals surface area contributed by atoms with E-state index in [1.807, 2.05) is 60.7 Å². The molecule has 29 heavy (non-hydrogen) atoms. The second-order valence-corrected chi connectivity index (χ2v) is 6.65. The molecule has 0 amide bonds. The van der Waals surface area contributed by atoms with Gasteiger partial charge in [-0.2, -0.15) is 0 Å². The van der Waals surface area contributed by atoms with Crippen LogP contribution in [-0.4, -0.2) is 17.6 Å². The lowest BCUT2D eigenvalue weighted by atomic mass is 10.2. The Balaban J connectivity index is 1.97. The van der Waals surface area contributed by atoms with Gasteiger partial charge >= 0.3 is 5.97 Å². The lowest BCUT2D eigenvalue weighted by Crippen LogP contribution is -2.12. The summed E-state index contributed by atoms with van der Waals surface area (Å²) in [4.78, 5) is 16.8. The van der Waals surface area contributed by atoms with Gasteiger partial charge in [0.05, 0.1) is 12.3 Å². The topological polar surface area (TPSA) is 57.7 Å². The zero-order chi connectivity index (χ0) is 20.6. The Morgan fingerprint density at radius 1 is 0.897 bits per heavy atom. The molecule has 0 spiro atoms. The van der Waals surface area contributed by atoms with Crippen molar-refractivity contribution in [2.75, 3.05) is 6.61 Å². The zero-order valence-electron chi connectivity index (χ0n) is 16.4. The fourth-order valence-electron chi connectivity index (χ4n) is 2.77. The quantitative estimate of drug-likeness (QED) is 0.368. The van der Waals surface area contributed by atoms with Gasteiger partial charge in [-0.25, -0.2) is 9.78 Å². The highest BCUT2D eigenvalue weighted by Gasteiger charge is 2.26. The molecule has 0 unspecified atom stereocenters. The Bertz CT molecular complexity index is 962. The van der Waals surface area contributed by atoms with Crippen LogP contribution in [0.15, 0.2) is 60.7 Å². The van der Waals surface area contributed by atoms with E-state index >= 15 is 0 Å². The minimum absolute atomic E-state index is 0.0241. The first-order valence-corrected chi connectivity index (χ1v) is 9.68. The first kappa shape index (κ1) is 20.7. The molecule has 1 heterocycles. The van der Waals surface area contributed by atoms with Gasteiger partial charge in [-0.3, -0.25) is 0 Å². The standard InChI is InChI=1S/C23H22ClNO4/c1-3-27-23(26)19-21(29-15-18-12-8-5-9-13-18)20(16(2)25-22(19)24)28-14-17-10-6-4-7-11-17/h4-13H,3,14-15H2,1-2H3. The number of aromatic nitrogens is 1. The fraction of sp³-hybridized carbons (Fsp3) is 0.217. The van der Waals surface area contributed by atoms with Crippen molar-refractivity contribution in [2.24, 2.45) is 0 Å². The summed E-state index contributed by atoms with van der Waals surface area (Å²) in [7, 11) is 0. The molecule has 0 aliphatic heterocycles. The van der Waals surface area contributed by atoms with E-state index < -0.39 is 5.97 Å². The number of pyridine rings is 1. The first-order chi connectivity index (χ1) is 14.1. The highest BCUT2D eigenvalue weighted by Crippen LogP contribution is 2.39. The van der Waals surface area contributed by atoms with Crippen LogP contribution in [0.25, 0.3) is 0 Å². The van der Waals surface area contributed by atoms with E-state index in [1.165, 1.54) is 0 Å². The van der Waals surface area contributed by atoms with Crippen molar-refractivity contribution in [1.29, 1.82) is 0 Å². The summed E-state index contributed by atoms with van der Waals surface area (Å²) in [5, 5.41) is 0.0241. The van der Waals surface area contributed by atoms with Crippen LogP contribution in [0.4, 0.5) is 0 Å². The highest BCUT2D eigenvalue weighted by molar-refractivity contribution is 6.33. The summed E-state index contributed by atoms with van der Waals surface area (Å²) >= 11 is 6.29. The van der Waals surface area contributed by atoms with Crippen molar-refractivity contribution >= 4 is 17.6 Å². The molecule has 0 bridgehead atoms. The van der Waals surface area contributed by atoms with Crippen LogP contribution in [0.3, 0.4) is 0 Å². The summed E-state index contributed by atoms with van der Waals surface area (Å²) in [6.45, 7) is 4.24. The molecule has 0 saturated heterocycles. The van der Waals surface area contributed by atoms with E-state index in [9.17, 15) is 4.79 Å². The average Bonchev–Trinajstić information content (AvgIpc) is 2.73. The molecule has 0 N–H and O–H groups in total. The molecule has 6 heteroatoms. The fourth-order valence-corrected chi connectivity index (χ4v) is 3.06. The molecule has 1 aromatic heterocycles. The number of hydrogen-bond donors (Lipinski definition) is 0. The van der Waals surface area contributed by atoms with Crippen molar-refractivity contribution < 1.29 is 19.0 Å². The predicted molar refractivity (Wildman–Crippen MR) is 111 cm³/mol. The molecule has 0 atom stereocenters. The van der Waals surface area contributed by atoms with E-state index in [1.54, 1.807) is 13.8 Å². The van der Waals surface area contributed by atoms with Crippen molar-refractivity contribution in [3.8, 4) is 11.5 Å². The summed E-state index contributed by atoms with van der Waals surface area (Å²) in [5.74, 6) is 0.00981. The number of esters is 1. The Labute approximate surface area is 175 Å². The van der Waals surface area contributed by atoms with Gasteiger partial charge < -0.3 is 14.2 Å². The largest absolute Gasteiger partial charge is 0.484 e. The molecular formula is C23H22ClNO4. The van der Waals surface area contributed by atoms with Crippen LogP contribution in [0.2, 0.25) is 5.15 Å². The summed E-state index contributed by atoms with van der Waals surface area (Å²) in [6, 6.07) is 19.3. The number of hydrogen-bond acceptors (Lipinski definition) is 5. The number of benzene rings is 2. The number of halogens is 1. The Hall–Kier alpha value is -3.05. The van der Waals surface area contributed by atoms with Gasteiger partial charge in [0.1, 0.15) is 23.9 Å². The van der Waals surface area contributed by atoms with Crippen molar-refractivity contribution in [2.45, 2.75) is 27.1 Å². The summed E-state index contributed by atoms with van der Waals surface area (Å²) < 4.78 is 17.2. The third-order valence-electron chi connectivity index (χ3n) is 4.17. The van der Waals surface area contributed by atoms with Gasteiger partial charge in [-0.15, -0.1) is 0 Å². The maximum Gasteiger partial charge on any atom is 0.345 e. The lowest BCUT2D eigenvalue weighted by molar-refractivity contribution is 0.0519. The van der Waals surface area contributed by atoms with E-state index in [4.69, 9.17) is 25.8 Å². The van der Waals surface area contributed by atoms with Gasteiger partial charge in [0.15, 0.2) is 11.5 Å². The molecule has 3 rings (SSSR count). The van der Waals surface area contributed by atoms with Gasteiger partial charge in [-0.05, 0) is 25.0 Å². The highest BCUT2D eigenvalue weighted by atomic mass is 35.5. The van der Waals surface area contributed by atoms with E-state index in [-0.39, 0.29) is 29.7 Å². The van der Waals surface area contributed by atoms with Crippen LogP contribution in [0.5, 0.6) is 11.5 Å². The monoisotopic (exact) mass is 411 g/mol. The van der Waals surface area contributed by atoms with E-state index in [2.05, 4.69) is 4.98 Å². The third-order valence-corrected chi connectivity index (χ3v) is 4.44. The SMILES string of the molecule is CCOC(=O)c1c(Cl)nc(C)c(OCc2ccccc2)c1OCc1ccccc1. The second-order valence-electron chi connectivity index (χ2n) is 6.29. The molecule has 0 fully saturated rings. The van der Waals surface area contributed by atoms with Gasteiger partial charge in [0, 0.05) is 0 Å². The number of carbonyl (C=O) groups excluding carboxylic acids is 1. The molecule has 0 aliphatic rings. The molecule has 0 radical (unpaired) electrons. The van der Waals surface area contributed by atoms with Gasteiger partial charge in [-0.1, -0.05) is 72.3 Å². The predicted octanol–water partition coefficient (Wildman–Crippen LogP) is 5.38. The van der Waals surface area contributed by atoms with Crippen molar-refractivity contribution in [3.63, 3.8) is 0 Å². The normalized spacial score (nSPS) is 10.4. The van der Waals surface area contributed by atoms with Crippen LogP contribution in [0.1, 0.15) is 34.1 Å². The number of ether oxygens (including phenoxy) is 3. The van der Waals surface area contributed by atoms with E-state index in [0.29, 0.717) is 18.1 Å². The van der Waals surface area contributed by atoms with Gasteiger partial charge in [0.2, 0.25) is 0 Å². The minimum atomic E-state index is -0.599. The maximum atomic E-state index is 12.6. The Morgan fingerprint density at radius 2 is 1.41 bits per heavy atom. The van der Waals surface area contributed by atoms with Gasteiger partial charge in [0.25, 0.3) is 0 Å². The van der Waals surface area contributed by atoms with Crippen molar-refractivity contribution in [3.05, 3.63) is 88.2 Å².